The van der Waals surface area contributed by atoms with Crippen molar-refractivity contribution in [3.63, 3.8) is 0 Å². The lowest BCUT2D eigenvalue weighted by Crippen LogP contribution is -2.29. The van der Waals surface area contributed by atoms with E-state index in [-0.39, 0.29) is 0 Å². The van der Waals surface area contributed by atoms with E-state index in [1.165, 1.54) is 19.5 Å². The van der Waals surface area contributed by atoms with Crippen molar-refractivity contribution in [2.75, 3.05) is 19.6 Å². The van der Waals surface area contributed by atoms with E-state index in [9.17, 15) is 0 Å². The highest BCUT2D eigenvalue weighted by Gasteiger charge is 2.04. The van der Waals surface area contributed by atoms with E-state index < -0.39 is 0 Å². The van der Waals surface area contributed by atoms with E-state index in [4.69, 9.17) is 5.73 Å². The fourth-order valence-electron chi connectivity index (χ4n) is 1.53. The van der Waals surface area contributed by atoms with Crippen LogP contribution in [0.3, 0.4) is 0 Å². The van der Waals surface area contributed by atoms with Gasteiger partial charge >= 0.3 is 0 Å². The molecule has 0 aliphatic heterocycles. The maximum atomic E-state index is 5.70. The Balaban J connectivity index is 3.48. The maximum Gasteiger partial charge on any atom is 0.00109 e. The Hall–Kier alpha value is -0.0800. The first-order valence-corrected chi connectivity index (χ1v) is 5.54. The second-order valence-electron chi connectivity index (χ2n) is 4.41. The molecule has 2 nitrogen and oxygen atoms in total. The number of hydrogen-bond donors (Lipinski definition) is 1. The van der Waals surface area contributed by atoms with Crippen LogP contribution >= 0.6 is 0 Å². The molecule has 0 aromatic heterocycles. The van der Waals surface area contributed by atoms with E-state index in [1.807, 2.05) is 0 Å². The van der Waals surface area contributed by atoms with Crippen LogP contribution < -0.4 is 5.73 Å². The average molecular weight is 186 g/mol. The van der Waals surface area contributed by atoms with Crippen LogP contribution in [0.4, 0.5) is 0 Å². The normalized spacial score (nSPS) is 14.1. The largest absolute Gasteiger partial charge is 0.328 e. The topological polar surface area (TPSA) is 29.3 Å². The molecular formula is C11H26N2. The predicted molar refractivity (Wildman–Crippen MR) is 59.8 cm³/mol. The number of nitrogens with two attached hydrogens (primary N) is 1. The first-order chi connectivity index (χ1) is 6.06. The van der Waals surface area contributed by atoms with E-state index in [0.717, 1.165) is 18.9 Å². The van der Waals surface area contributed by atoms with Crippen molar-refractivity contribution in [3.8, 4) is 0 Å². The summed E-state index contributed by atoms with van der Waals surface area (Å²) in [4.78, 5) is 2.51. The molecule has 0 rings (SSSR count). The Morgan fingerprint density at radius 1 is 1.23 bits per heavy atom. The number of hydrogen-bond acceptors (Lipinski definition) is 2. The fraction of sp³-hybridized carbons (Fsp3) is 1.00. The fourth-order valence-corrected chi connectivity index (χ4v) is 1.53. The van der Waals surface area contributed by atoms with Crippen LogP contribution in [-0.4, -0.2) is 30.6 Å². The minimum absolute atomic E-state index is 0.359. The standard InChI is InChI=1S/C11H26N2/c1-5-13(9-10(2)3)8-6-7-11(4)12/h10-11H,5-9,12H2,1-4H3. The van der Waals surface area contributed by atoms with Gasteiger partial charge in [0.1, 0.15) is 0 Å². The van der Waals surface area contributed by atoms with Gasteiger partial charge in [-0.15, -0.1) is 0 Å². The summed E-state index contributed by atoms with van der Waals surface area (Å²) >= 11 is 0. The molecule has 0 aromatic carbocycles. The molecule has 2 N–H and O–H groups in total. The zero-order valence-corrected chi connectivity index (χ0v) is 9.71. The molecule has 0 fully saturated rings. The Kier molecular flexibility index (Phi) is 7.29. The second-order valence-corrected chi connectivity index (χ2v) is 4.41. The average Bonchev–Trinajstić information content (AvgIpc) is 2.01. The first kappa shape index (κ1) is 12.9. The Labute approximate surface area is 83.5 Å². The van der Waals surface area contributed by atoms with Crippen molar-refractivity contribution < 1.29 is 0 Å². The van der Waals surface area contributed by atoms with Gasteiger partial charge in [-0.05, 0) is 38.8 Å². The quantitative estimate of drug-likeness (QED) is 0.659. The van der Waals surface area contributed by atoms with Crippen molar-refractivity contribution in [3.05, 3.63) is 0 Å². The van der Waals surface area contributed by atoms with Gasteiger partial charge in [-0.1, -0.05) is 20.8 Å². The van der Waals surface area contributed by atoms with Gasteiger partial charge < -0.3 is 10.6 Å². The van der Waals surface area contributed by atoms with Crippen LogP contribution in [0.1, 0.15) is 40.5 Å². The number of nitrogens with zero attached hydrogens (tertiary/aromatic N) is 1. The minimum Gasteiger partial charge on any atom is -0.328 e. The van der Waals surface area contributed by atoms with Gasteiger partial charge in [0.2, 0.25) is 0 Å². The SMILES string of the molecule is CCN(CCCC(C)N)CC(C)C. The highest BCUT2D eigenvalue weighted by atomic mass is 15.1. The minimum atomic E-state index is 0.359. The van der Waals surface area contributed by atoms with Gasteiger partial charge in [0.15, 0.2) is 0 Å². The van der Waals surface area contributed by atoms with Crippen molar-refractivity contribution in [2.45, 2.75) is 46.6 Å². The van der Waals surface area contributed by atoms with Gasteiger partial charge in [0.25, 0.3) is 0 Å². The smallest absolute Gasteiger partial charge is 0.00109 e. The molecule has 0 spiro atoms. The van der Waals surface area contributed by atoms with Gasteiger partial charge in [-0.25, -0.2) is 0 Å². The lowest BCUT2D eigenvalue weighted by molar-refractivity contribution is 0.250. The van der Waals surface area contributed by atoms with Crippen molar-refractivity contribution >= 4 is 0 Å². The molecule has 0 aliphatic rings. The van der Waals surface area contributed by atoms with E-state index >= 15 is 0 Å². The summed E-state index contributed by atoms with van der Waals surface area (Å²) in [6.07, 6.45) is 2.38. The van der Waals surface area contributed by atoms with E-state index in [1.54, 1.807) is 0 Å². The van der Waals surface area contributed by atoms with Gasteiger partial charge in [0, 0.05) is 12.6 Å². The molecule has 0 heterocycles. The summed E-state index contributed by atoms with van der Waals surface area (Å²) in [6, 6.07) is 0.359. The summed E-state index contributed by atoms with van der Waals surface area (Å²) < 4.78 is 0. The zero-order chi connectivity index (χ0) is 10.3. The Bertz CT molecular complexity index is 111. The van der Waals surface area contributed by atoms with Crippen LogP contribution in [0.15, 0.2) is 0 Å². The molecule has 0 bridgehead atoms. The third-order valence-electron chi connectivity index (χ3n) is 2.20. The van der Waals surface area contributed by atoms with Crippen molar-refractivity contribution in [1.29, 1.82) is 0 Å². The Morgan fingerprint density at radius 2 is 1.85 bits per heavy atom. The summed E-state index contributed by atoms with van der Waals surface area (Å²) in [7, 11) is 0. The van der Waals surface area contributed by atoms with Gasteiger partial charge in [-0.2, -0.15) is 0 Å². The lowest BCUT2D eigenvalue weighted by Gasteiger charge is -2.22. The molecule has 1 atom stereocenters. The molecule has 1 unspecified atom stereocenters. The molecule has 0 amide bonds. The third kappa shape index (κ3) is 8.26. The summed E-state index contributed by atoms with van der Waals surface area (Å²) in [5.41, 5.74) is 5.70. The van der Waals surface area contributed by atoms with Crippen molar-refractivity contribution in [1.82, 2.24) is 4.90 Å². The highest BCUT2D eigenvalue weighted by Crippen LogP contribution is 2.01. The highest BCUT2D eigenvalue weighted by molar-refractivity contribution is 4.60. The number of rotatable bonds is 7. The van der Waals surface area contributed by atoms with E-state index in [2.05, 4.69) is 32.6 Å². The third-order valence-corrected chi connectivity index (χ3v) is 2.20. The lowest BCUT2D eigenvalue weighted by atomic mass is 10.1. The molecule has 0 radical (unpaired) electrons. The Morgan fingerprint density at radius 3 is 2.23 bits per heavy atom. The maximum absolute atomic E-state index is 5.70. The van der Waals surface area contributed by atoms with Crippen LogP contribution in [0.2, 0.25) is 0 Å². The predicted octanol–water partition coefficient (Wildman–Crippen LogP) is 2.09. The van der Waals surface area contributed by atoms with Crippen molar-refractivity contribution in [2.24, 2.45) is 11.7 Å². The molecule has 13 heavy (non-hydrogen) atoms. The molecule has 0 saturated heterocycles. The summed E-state index contributed by atoms with van der Waals surface area (Å²) in [5, 5.41) is 0. The van der Waals surface area contributed by atoms with Gasteiger partial charge in [-0.3, -0.25) is 0 Å². The summed E-state index contributed by atoms with van der Waals surface area (Å²) in [5.74, 6) is 0.773. The second kappa shape index (κ2) is 7.34. The van der Waals surface area contributed by atoms with Crippen LogP contribution in [0, 0.1) is 5.92 Å². The molecule has 2 heteroatoms. The first-order valence-electron chi connectivity index (χ1n) is 5.54. The van der Waals surface area contributed by atoms with Gasteiger partial charge in [0.05, 0.1) is 0 Å². The van der Waals surface area contributed by atoms with Crippen LogP contribution in [0.25, 0.3) is 0 Å². The van der Waals surface area contributed by atoms with Crippen LogP contribution in [0.5, 0.6) is 0 Å². The molecule has 0 aromatic rings. The molecule has 80 valence electrons. The molecule has 0 saturated carbocycles. The van der Waals surface area contributed by atoms with E-state index in [0.29, 0.717) is 6.04 Å². The van der Waals surface area contributed by atoms with Crippen LogP contribution in [-0.2, 0) is 0 Å². The zero-order valence-electron chi connectivity index (χ0n) is 9.71. The monoisotopic (exact) mass is 186 g/mol. The molecular weight excluding hydrogens is 160 g/mol. The molecule has 0 aliphatic carbocycles. The summed E-state index contributed by atoms with van der Waals surface area (Å²) in [6.45, 7) is 12.4.